The fraction of sp³-hybridized carbons (Fsp3) is 1.00. The van der Waals surface area contributed by atoms with Gasteiger partial charge in [-0.2, -0.15) is 0 Å². The topological polar surface area (TPSA) is 41.3 Å². The minimum absolute atomic E-state index is 0.463. The smallest absolute Gasteiger partial charge is 0.00682 e. The van der Waals surface area contributed by atoms with Gasteiger partial charge in [-0.25, -0.2) is 0 Å². The predicted octanol–water partition coefficient (Wildman–Crippen LogP) is 1.58. The molecule has 0 aromatic carbocycles. The number of hydrogen-bond acceptors (Lipinski definition) is 3. The molecule has 0 aromatic rings. The second-order valence-corrected chi connectivity index (χ2v) is 5.49. The van der Waals surface area contributed by atoms with E-state index in [-0.39, 0.29) is 0 Å². The fourth-order valence-corrected chi connectivity index (χ4v) is 2.22. The number of nitrogens with zero attached hydrogens (tertiary/aromatic N) is 1. The van der Waals surface area contributed by atoms with E-state index in [2.05, 4.69) is 31.1 Å². The summed E-state index contributed by atoms with van der Waals surface area (Å²) in [7, 11) is 2.20. The van der Waals surface area contributed by atoms with Gasteiger partial charge in [-0.15, -0.1) is 0 Å². The number of nitrogens with two attached hydrogens (primary N) is 1. The van der Waals surface area contributed by atoms with Crippen LogP contribution in [0.15, 0.2) is 0 Å². The third-order valence-corrected chi connectivity index (χ3v) is 3.77. The van der Waals surface area contributed by atoms with Gasteiger partial charge in [0.2, 0.25) is 0 Å². The molecule has 96 valence electrons. The van der Waals surface area contributed by atoms with E-state index in [9.17, 15) is 0 Å². The van der Waals surface area contributed by atoms with Gasteiger partial charge in [0.1, 0.15) is 0 Å². The summed E-state index contributed by atoms with van der Waals surface area (Å²) in [6.45, 7) is 6.83. The molecule has 0 saturated heterocycles. The zero-order valence-corrected chi connectivity index (χ0v) is 11.2. The molecule has 0 spiro atoms. The Hall–Kier alpha value is -0.120. The van der Waals surface area contributed by atoms with Crippen LogP contribution >= 0.6 is 0 Å². The Balaban J connectivity index is 1.99. The van der Waals surface area contributed by atoms with Gasteiger partial charge in [0, 0.05) is 18.1 Å². The first-order valence-electron chi connectivity index (χ1n) is 6.78. The zero-order valence-electron chi connectivity index (χ0n) is 11.2. The molecule has 1 aliphatic carbocycles. The molecule has 0 bridgehead atoms. The molecule has 0 atom stereocenters. The first kappa shape index (κ1) is 13.9. The lowest BCUT2D eigenvalue weighted by Gasteiger charge is -2.27. The molecule has 1 saturated carbocycles. The summed E-state index contributed by atoms with van der Waals surface area (Å²) in [6, 6.07) is 1.85. The summed E-state index contributed by atoms with van der Waals surface area (Å²) in [6.07, 6.45) is 6.17. The largest absolute Gasteiger partial charge is 0.328 e. The maximum Gasteiger partial charge on any atom is 0.00682 e. The predicted molar refractivity (Wildman–Crippen MR) is 70.6 cm³/mol. The molecular weight excluding hydrogens is 198 g/mol. The van der Waals surface area contributed by atoms with Crippen molar-refractivity contribution in [2.75, 3.05) is 20.1 Å². The Kier molecular flexibility index (Phi) is 6.32. The van der Waals surface area contributed by atoms with E-state index < -0.39 is 0 Å². The summed E-state index contributed by atoms with van der Waals surface area (Å²) < 4.78 is 0. The number of rotatable bonds is 6. The Bertz CT molecular complexity index is 174. The minimum atomic E-state index is 0.463. The second kappa shape index (κ2) is 7.25. The van der Waals surface area contributed by atoms with Gasteiger partial charge in [-0.05, 0) is 66.1 Å². The fourth-order valence-electron chi connectivity index (χ4n) is 2.22. The number of hydrogen-bond donors (Lipinski definition) is 2. The van der Waals surface area contributed by atoms with Crippen LogP contribution < -0.4 is 11.1 Å². The van der Waals surface area contributed by atoms with E-state index in [1.165, 1.54) is 38.6 Å². The van der Waals surface area contributed by atoms with Crippen molar-refractivity contribution in [3.05, 3.63) is 0 Å². The molecule has 3 nitrogen and oxygen atoms in total. The molecule has 0 heterocycles. The maximum atomic E-state index is 5.89. The van der Waals surface area contributed by atoms with E-state index in [0.29, 0.717) is 12.1 Å². The van der Waals surface area contributed by atoms with Crippen LogP contribution in [0.4, 0.5) is 0 Å². The van der Waals surface area contributed by atoms with E-state index in [0.717, 1.165) is 12.6 Å². The molecule has 0 amide bonds. The van der Waals surface area contributed by atoms with Gasteiger partial charge in [0.05, 0.1) is 0 Å². The molecule has 3 heteroatoms. The van der Waals surface area contributed by atoms with E-state index in [4.69, 9.17) is 5.73 Å². The van der Waals surface area contributed by atoms with E-state index in [1.807, 2.05) is 0 Å². The molecule has 16 heavy (non-hydrogen) atoms. The Morgan fingerprint density at radius 3 is 2.44 bits per heavy atom. The van der Waals surface area contributed by atoms with Crippen molar-refractivity contribution in [3.63, 3.8) is 0 Å². The Morgan fingerprint density at radius 2 is 1.88 bits per heavy atom. The van der Waals surface area contributed by atoms with Crippen LogP contribution in [0.1, 0.15) is 46.0 Å². The maximum absolute atomic E-state index is 5.89. The lowest BCUT2D eigenvalue weighted by molar-refractivity contribution is 0.263. The average Bonchev–Trinajstić information content (AvgIpc) is 2.26. The van der Waals surface area contributed by atoms with Gasteiger partial charge < -0.3 is 16.0 Å². The zero-order chi connectivity index (χ0) is 12.0. The van der Waals surface area contributed by atoms with Crippen molar-refractivity contribution in [2.45, 2.75) is 64.1 Å². The van der Waals surface area contributed by atoms with Crippen molar-refractivity contribution in [3.8, 4) is 0 Å². The molecule has 0 aliphatic heterocycles. The van der Waals surface area contributed by atoms with E-state index in [1.54, 1.807) is 0 Å². The molecule has 1 fully saturated rings. The molecule has 0 unspecified atom stereocenters. The Morgan fingerprint density at radius 1 is 1.25 bits per heavy atom. The third-order valence-electron chi connectivity index (χ3n) is 3.77. The van der Waals surface area contributed by atoms with Gasteiger partial charge in [-0.1, -0.05) is 0 Å². The first-order valence-corrected chi connectivity index (χ1v) is 6.78. The molecule has 1 aliphatic rings. The van der Waals surface area contributed by atoms with Crippen LogP contribution in [-0.4, -0.2) is 43.2 Å². The van der Waals surface area contributed by atoms with Gasteiger partial charge in [-0.3, -0.25) is 0 Å². The normalized spacial score (nSPS) is 26.6. The highest BCUT2D eigenvalue weighted by atomic mass is 15.1. The standard InChI is InChI=1S/C13H29N3/c1-11(2)16(3)10-4-9-15-13-7-5-12(14)6-8-13/h11-13,15H,4-10,14H2,1-3H3. The SMILES string of the molecule is CC(C)N(C)CCCNC1CCC(N)CC1. The second-order valence-electron chi connectivity index (χ2n) is 5.49. The van der Waals surface area contributed by atoms with Crippen LogP contribution in [-0.2, 0) is 0 Å². The van der Waals surface area contributed by atoms with Crippen molar-refractivity contribution >= 4 is 0 Å². The number of nitrogens with one attached hydrogen (secondary N) is 1. The van der Waals surface area contributed by atoms with Gasteiger partial charge in [0.25, 0.3) is 0 Å². The lowest BCUT2D eigenvalue weighted by atomic mass is 9.92. The molecule has 1 rings (SSSR count). The quantitative estimate of drug-likeness (QED) is 0.677. The summed E-state index contributed by atoms with van der Waals surface area (Å²) in [5, 5.41) is 3.65. The highest BCUT2D eigenvalue weighted by Gasteiger charge is 2.17. The summed E-state index contributed by atoms with van der Waals surface area (Å²) in [5.74, 6) is 0. The lowest BCUT2D eigenvalue weighted by Crippen LogP contribution is -2.38. The van der Waals surface area contributed by atoms with E-state index >= 15 is 0 Å². The highest BCUT2D eigenvalue weighted by Crippen LogP contribution is 2.16. The van der Waals surface area contributed by atoms with Gasteiger partial charge >= 0.3 is 0 Å². The van der Waals surface area contributed by atoms with Crippen LogP contribution in [0.3, 0.4) is 0 Å². The molecule has 0 aromatic heterocycles. The van der Waals surface area contributed by atoms with Crippen LogP contribution in [0.25, 0.3) is 0 Å². The molecule has 0 radical (unpaired) electrons. The molecule has 3 N–H and O–H groups in total. The van der Waals surface area contributed by atoms with Crippen molar-refractivity contribution < 1.29 is 0 Å². The molecular formula is C13H29N3. The monoisotopic (exact) mass is 227 g/mol. The Labute approximate surface area is 101 Å². The average molecular weight is 227 g/mol. The van der Waals surface area contributed by atoms with Gasteiger partial charge in [0.15, 0.2) is 0 Å². The highest BCUT2D eigenvalue weighted by molar-refractivity contribution is 4.78. The third kappa shape index (κ3) is 5.28. The van der Waals surface area contributed by atoms with Crippen molar-refractivity contribution in [1.82, 2.24) is 10.2 Å². The first-order chi connectivity index (χ1) is 7.59. The van der Waals surface area contributed by atoms with Crippen LogP contribution in [0.5, 0.6) is 0 Å². The minimum Gasteiger partial charge on any atom is -0.328 e. The van der Waals surface area contributed by atoms with Crippen molar-refractivity contribution in [1.29, 1.82) is 0 Å². The summed E-state index contributed by atoms with van der Waals surface area (Å²) >= 11 is 0. The summed E-state index contributed by atoms with van der Waals surface area (Å²) in [5.41, 5.74) is 5.89. The van der Waals surface area contributed by atoms with Crippen molar-refractivity contribution in [2.24, 2.45) is 5.73 Å². The van der Waals surface area contributed by atoms with Crippen LogP contribution in [0.2, 0.25) is 0 Å². The summed E-state index contributed by atoms with van der Waals surface area (Å²) in [4.78, 5) is 2.40. The van der Waals surface area contributed by atoms with Crippen LogP contribution in [0, 0.1) is 0 Å².